The SMILES string of the molecule is CC(C)C(NC(=O)C(CO)NC(=O)C(N)CCCN=C(N)N)C(=O)NC(Cc1ccccc1)C(=O)O. The van der Waals surface area contributed by atoms with Gasteiger partial charge in [-0.1, -0.05) is 44.2 Å². The summed E-state index contributed by atoms with van der Waals surface area (Å²) in [7, 11) is 0. The fraction of sp³-hybridized carbons (Fsp3) is 0.522. The van der Waals surface area contributed by atoms with Gasteiger partial charge in [-0.2, -0.15) is 0 Å². The lowest BCUT2D eigenvalue weighted by molar-refractivity contribution is -0.142. The van der Waals surface area contributed by atoms with Crippen molar-refractivity contribution in [3.8, 4) is 0 Å². The van der Waals surface area contributed by atoms with Crippen molar-refractivity contribution < 1.29 is 29.4 Å². The van der Waals surface area contributed by atoms with Crippen molar-refractivity contribution in [2.75, 3.05) is 13.2 Å². The maximum Gasteiger partial charge on any atom is 0.326 e. The average molecular weight is 508 g/mol. The van der Waals surface area contributed by atoms with Crippen LogP contribution in [0.5, 0.6) is 0 Å². The Bertz CT molecular complexity index is 905. The minimum Gasteiger partial charge on any atom is -0.480 e. The van der Waals surface area contributed by atoms with Crippen LogP contribution in [0, 0.1) is 5.92 Å². The zero-order chi connectivity index (χ0) is 27.3. The second-order valence-electron chi connectivity index (χ2n) is 8.62. The van der Waals surface area contributed by atoms with Crippen LogP contribution in [-0.2, 0) is 25.6 Å². The molecular weight excluding hydrogens is 470 g/mol. The second kappa shape index (κ2) is 15.3. The number of benzene rings is 1. The molecule has 0 saturated heterocycles. The second-order valence-corrected chi connectivity index (χ2v) is 8.62. The van der Waals surface area contributed by atoms with Crippen molar-refractivity contribution in [1.29, 1.82) is 0 Å². The molecule has 3 amide bonds. The molecule has 1 rings (SSSR count). The fourth-order valence-corrected chi connectivity index (χ4v) is 3.22. The molecule has 0 aliphatic heterocycles. The number of rotatable bonds is 15. The summed E-state index contributed by atoms with van der Waals surface area (Å²) >= 11 is 0. The van der Waals surface area contributed by atoms with E-state index in [9.17, 15) is 29.4 Å². The van der Waals surface area contributed by atoms with Gasteiger partial charge in [-0.25, -0.2) is 4.79 Å². The summed E-state index contributed by atoms with van der Waals surface area (Å²) in [6, 6.07) is 4.11. The number of amides is 3. The maximum atomic E-state index is 12.9. The first-order valence-electron chi connectivity index (χ1n) is 11.6. The molecule has 0 spiro atoms. The van der Waals surface area contributed by atoms with Crippen molar-refractivity contribution in [2.45, 2.75) is 57.3 Å². The zero-order valence-electron chi connectivity index (χ0n) is 20.5. The first kappa shape index (κ1) is 30.3. The van der Waals surface area contributed by atoms with Crippen LogP contribution in [-0.4, -0.2) is 77.2 Å². The standard InChI is InChI=1S/C23H37N7O6/c1-13(2)18(21(34)28-16(22(35)36)11-14-7-4-3-5-8-14)30-20(33)17(12-31)29-19(32)15(24)9-6-10-27-23(25)26/h3-5,7-8,13,15-18,31H,6,9-12,24H2,1-2H3,(H,28,34)(H,29,32)(H,30,33)(H,35,36)(H4,25,26,27). The monoisotopic (exact) mass is 507 g/mol. The van der Waals surface area contributed by atoms with E-state index in [1.165, 1.54) is 0 Å². The first-order valence-corrected chi connectivity index (χ1v) is 11.6. The number of aliphatic imine (C=N–C) groups is 1. The predicted octanol–water partition coefficient (Wildman–Crippen LogP) is -2.20. The third-order valence-electron chi connectivity index (χ3n) is 5.26. The number of carboxylic acids is 1. The lowest BCUT2D eigenvalue weighted by Gasteiger charge is -2.26. The van der Waals surface area contributed by atoms with E-state index in [1.54, 1.807) is 44.2 Å². The van der Waals surface area contributed by atoms with Crippen LogP contribution in [0.1, 0.15) is 32.3 Å². The third kappa shape index (κ3) is 10.7. The van der Waals surface area contributed by atoms with Gasteiger partial charge in [-0.3, -0.25) is 19.4 Å². The van der Waals surface area contributed by atoms with Crippen LogP contribution in [0.2, 0.25) is 0 Å². The highest BCUT2D eigenvalue weighted by Gasteiger charge is 2.31. The molecule has 36 heavy (non-hydrogen) atoms. The van der Waals surface area contributed by atoms with Gasteiger partial charge in [0.2, 0.25) is 17.7 Å². The average Bonchev–Trinajstić information content (AvgIpc) is 2.82. The van der Waals surface area contributed by atoms with E-state index in [4.69, 9.17) is 17.2 Å². The number of carbonyl (C=O) groups excluding carboxylic acids is 3. The predicted molar refractivity (Wildman–Crippen MR) is 133 cm³/mol. The molecule has 4 atom stereocenters. The topological polar surface area (TPSA) is 235 Å². The van der Waals surface area contributed by atoms with Crippen molar-refractivity contribution in [3.63, 3.8) is 0 Å². The molecule has 0 radical (unpaired) electrons. The molecule has 4 unspecified atom stereocenters. The molecule has 13 heteroatoms. The van der Waals surface area contributed by atoms with Gasteiger partial charge in [-0.05, 0) is 24.3 Å². The molecule has 0 fully saturated rings. The largest absolute Gasteiger partial charge is 0.480 e. The van der Waals surface area contributed by atoms with Crippen LogP contribution in [0.25, 0.3) is 0 Å². The van der Waals surface area contributed by atoms with Gasteiger partial charge >= 0.3 is 5.97 Å². The van der Waals surface area contributed by atoms with Gasteiger partial charge in [0.15, 0.2) is 5.96 Å². The third-order valence-corrected chi connectivity index (χ3v) is 5.26. The number of guanidine groups is 1. The van der Waals surface area contributed by atoms with E-state index in [2.05, 4.69) is 20.9 Å². The summed E-state index contributed by atoms with van der Waals surface area (Å²) in [6.07, 6.45) is 0.709. The van der Waals surface area contributed by atoms with Gasteiger partial charge in [0.25, 0.3) is 0 Å². The van der Waals surface area contributed by atoms with Crippen LogP contribution < -0.4 is 33.2 Å². The minimum absolute atomic E-state index is 0.0526. The number of nitrogens with two attached hydrogens (primary N) is 3. The summed E-state index contributed by atoms with van der Waals surface area (Å²) in [6.45, 7) is 2.86. The number of aliphatic carboxylic acids is 1. The summed E-state index contributed by atoms with van der Waals surface area (Å²) in [5, 5.41) is 26.5. The molecule has 0 bridgehead atoms. The van der Waals surface area contributed by atoms with Crippen LogP contribution in [0.4, 0.5) is 0 Å². The number of aliphatic hydroxyl groups is 1. The molecule has 1 aromatic carbocycles. The quantitative estimate of drug-likeness (QED) is 0.0729. The van der Waals surface area contributed by atoms with Gasteiger partial charge in [0.05, 0.1) is 12.6 Å². The number of hydrogen-bond acceptors (Lipinski definition) is 7. The first-order chi connectivity index (χ1) is 17.0. The Morgan fingerprint density at radius 3 is 2.08 bits per heavy atom. The Labute approximate surface area is 209 Å². The Kier molecular flexibility index (Phi) is 12.9. The molecule has 1 aromatic rings. The maximum absolute atomic E-state index is 12.9. The zero-order valence-corrected chi connectivity index (χ0v) is 20.5. The fourth-order valence-electron chi connectivity index (χ4n) is 3.22. The summed E-state index contributed by atoms with van der Waals surface area (Å²) < 4.78 is 0. The Balaban J connectivity index is 2.77. The van der Waals surface area contributed by atoms with Gasteiger partial charge < -0.3 is 43.4 Å². The Hall–Kier alpha value is -3.71. The van der Waals surface area contributed by atoms with Crippen LogP contribution >= 0.6 is 0 Å². The number of carbonyl (C=O) groups is 4. The molecule has 0 heterocycles. The molecule has 0 saturated carbocycles. The number of nitrogens with zero attached hydrogens (tertiary/aromatic N) is 1. The lowest BCUT2D eigenvalue weighted by atomic mass is 10.0. The molecular formula is C23H37N7O6. The number of aliphatic hydroxyl groups excluding tert-OH is 1. The van der Waals surface area contributed by atoms with E-state index < -0.39 is 60.4 Å². The molecule has 13 nitrogen and oxygen atoms in total. The number of carboxylic acid groups (broad SMARTS) is 1. The molecule has 0 aromatic heterocycles. The lowest BCUT2D eigenvalue weighted by Crippen LogP contribution is -2.59. The van der Waals surface area contributed by atoms with Crippen molar-refractivity contribution in [1.82, 2.24) is 16.0 Å². The van der Waals surface area contributed by atoms with Gasteiger partial charge in [0, 0.05) is 13.0 Å². The van der Waals surface area contributed by atoms with E-state index in [-0.39, 0.29) is 25.3 Å². The van der Waals surface area contributed by atoms with Gasteiger partial charge in [-0.15, -0.1) is 0 Å². The van der Waals surface area contributed by atoms with E-state index in [0.29, 0.717) is 12.0 Å². The normalized spacial score (nSPS) is 14.1. The smallest absolute Gasteiger partial charge is 0.326 e. The van der Waals surface area contributed by atoms with Crippen molar-refractivity contribution in [3.05, 3.63) is 35.9 Å². The van der Waals surface area contributed by atoms with Crippen LogP contribution in [0.3, 0.4) is 0 Å². The highest BCUT2D eigenvalue weighted by molar-refractivity contribution is 5.94. The Morgan fingerprint density at radius 2 is 1.56 bits per heavy atom. The van der Waals surface area contributed by atoms with E-state index in [1.807, 2.05) is 0 Å². The van der Waals surface area contributed by atoms with E-state index >= 15 is 0 Å². The molecule has 0 aliphatic rings. The Morgan fingerprint density at radius 1 is 0.944 bits per heavy atom. The van der Waals surface area contributed by atoms with Crippen LogP contribution in [0.15, 0.2) is 35.3 Å². The van der Waals surface area contributed by atoms with E-state index in [0.717, 1.165) is 0 Å². The number of hydrogen-bond donors (Lipinski definition) is 8. The highest BCUT2D eigenvalue weighted by Crippen LogP contribution is 2.07. The highest BCUT2D eigenvalue weighted by atomic mass is 16.4. The molecule has 200 valence electrons. The van der Waals surface area contributed by atoms with Crippen molar-refractivity contribution >= 4 is 29.7 Å². The summed E-state index contributed by atoms with van der Waals surface area (Å²) in [4.78, 5) is 53.4. The summed E-state index contributed by atoms with van der Waals surface area (Å²) in [5.74, 6) is -3.93. The van der Waals surface area contributed by atoms with Gasteiger partial charge in [0.1, 0.15) is 18.1 Å². The minimum atomic E-state index is -1.37. The number of nitrogens with one attached hydrogen (secondary N) is 3. The summed E-state index contributed by atoms with van der Waals surface area (Å²) in [5.41, 5.74) is 17.0. The van der Waals surface area contributed by atoms with Crippen molar-refractivity contribution in [2.24, 2.45) is 28.1 Å². The molecule has 11 N–H and O–H groups in total. The molecule has 0 aliphatic carbocycles.